The zero-order valence-electron chi connectivity index (χ0n) is 8.72. The van der Waals surface area contributed by atoms with Gasteiger partial charge in [-0.1, -0.05) is 0 Å². The molecule has 0 amide bonds. The average molecular weight is 328 g/mol. The van der Waals surface area contributed by atoms with Crippen LogP contribution in [0.15, 0.2) is 4.47 Å². The van der Waals surface area contributed by atoms with Gasteiger partial charge < -0.3 is 19.9 Å². The lowest BCUT2D eigenvalue weighted by Crippen LogP contribution is -2.26. The van der Waals surface area contributed by atoms with Crippen molar-refractivity contribution < 1.29 is 32.2 Å². The number of esters is 1. The number of alkyl halides is 2. The van der Waals surface area contributed by atoms with Crippen molar-refractivity contribution in [1.82, 2.24) is 0 Å². The van der Waals surface area contributed by atoms with E-state index in [-0.39, 0.29) is 0 Å². The maximum atomic E-state index is 13.6. The Balaban J connectivity index is 2.74. The van der Waals surface area contributed by atoms with Crippen molar-refractivity contribution >= 4 is 27.6 Å². The molecule has 0 radical (unpaired) electrons. The summed E-state index contributed by atoms with van der Waals surface area (Å²) in [4.78, 5) is 11.4. The summed E-state index contributed by atoms with van der Waals surface area (Å²) >= 11 is 2.69. The van der Waals surface area contributed by atoms with Crippen LogP contribution in [0.25, 0.3) is 0 Å². The van der Waals surface area contributed by atoms with Crippen molar-refractivity contribution in [3.8, 4) is 11.5 Å². The molecule has 1 aliphatic rings. The molecule has 0 spiro atoms. The number of halogens is 4. The number of anilines is 1. The fourth-order valence-corrected chi connectivity index (χ4v) is 1.89. The Labute approximate surface area is 107 Å². The van der Waals surface area contributed by atoms with E-state index in [2.05, 4.69) is 30.1 Å². The minimum Gasteiger partial charge on any atom is -0.465 e. The van der Waals surface area contributed by atoms with Crippen LogP contribution < -0.4 is 15.2 Å². The van der Waals surface area contributed by atoms with Crippen molar-refractivity contribution in [2.24, 2.45) is 0 Å². The lowest BCUT2D eigenvalue weighted by Gasteiger charge is -2.09. The van der Waals surface area contributed by atoms with Gasteiger partial charge in [0.2, 0.25) is 0 Å². The number of nitrogen functional groups attached to an aromatic ring is 1. The Kier molecular flexibility index (Phi) is 2.80. The SMILES string of the molecule is COC(=O)c1c(N)c(F)c(Br)c2c1OC(F)(F)O2. The second-order valence-corrected chi connectivity index (χ2v) is 4.03. The molecule has 0 aliphatic carbocycles. The molecule has 0 aromatic heterocycles. The zero-order chi connectivity index (χ0) is 13.7. The van der Waals surface area contributed by atoms with Crippen molar-refractivity contribution in [1.29, 1.82) is 0 Å². The summed E-state index contributed by atoms with van der Waals surface area (Å²) in [6.07, 6.45) is -4.01. The van der Waals surface area contributed by atoms with Crippen LogP contribution in [-0.4, -0.2) is 19.4 Å². The van der Waals surface area contributed by atoms with E-state index in [9.17, 15) is 18.0 Å². The van der Waals surface area contributed by atoms with E-state index in [1.807, 2.05) is 0 Å². The molecule has 98 valence electrons. The van der Waals surface area contributed by atoms with Crippen molar-refractivity contribution in [2.75, 3.05) is 12.8 Å². The van der Waals surface area contributed by atoms with Gasteiger partial charge in [-0.15, -0.1) is 8.78 Å². The molecule has 18 heavy (non-hydrogen) atoms. The van der Waals surface area contributed by atoms with Gasteiger partial charge in [-0.2, -0.15) is 0 Å². The number of benzene rings is 1. The standard InChI is InChI=1S/C9H5BrF3NO4/c1-16-8(15)2-5(14)4(11)3(10)7-6(2)17-9(12,13)18-7/h14H2,1H3. The monoisotopic (exact) mass is 327 g/mol. The summed E-state index contributed by atoms with van der Waals surface area (Å²) in [5.41, 5.74) is 4.02. The van der Waals surface area contributed by atoms with Gasteiger partial charge in [0.1, 0.15) is 10.0 Å². The smallest absolute Gasteiger partial charge is 0.465 e. The van der Waals surface area contributed by atoms with Crippen LogP contribution in [0.1, 0.15) is 10.4 Å². The molecule has 1 aromatic carbocycles. The van der Waals surface area contributed by atoms with Crippen LogP contribution in [0.4, 0.5) is 18.9 Å². The van der Waals surface area contributed by atoms with Crippen LogP contribution in [0.3, 0.4) is 0 Å². The molecule has 0 bridgehead atoms. The normalized spacial score (nSPS) is 15.6. The molecule has 9 heteroatoms. The van der Waals surface area contributed by atoms with Crippen LogP contribution in [-0.2, 0) is 4.74 Å². The number of methoxy groups -OCH3 is 1. The van der Waals surface area contributed by atoms with Gasteiger partial charge in [-0.05, 0) is 15.9 Å². The summed E-state index contributed by atoms with van der Waals surface area (Å²) in [5, 5.41) is 0. The fourth-order valence-electron chi connectivity index (χ4n) is 1.41. The highest BCUT2D eigenvalue weighted by molar-refractivity contribution is 9.10. The molecule has 1 heterocycles. The predicted molar refractivity (Wildman–Crippen MR) is 56.1 cm³/mol. The molecular formula is C9H5BrF3NO4. The number of rotatable bonds is 1. The van der Waals surface area contributed by atoms with Crippen molar-refractivity contribution in [3.63, 3.8) is 0 Å². The van der Waals surface area contributed by atoms with Crippen LogP contribution in [0.2, 0.25) is 0 Å². The highest BCUT2D eigenvalue weighted by Gasteiger charge is 2.48. The first-order valence-corrected chi connectivity index (χ1v) is 5.22. The van der Waals surface area contributed by atoms with Gasteiger partial charge in [0, 0.05) is 0 Å². The molecule has 0 fully saturated rings. The number of hydrogen-bond acceptors (Lipinski definition) is 5. The van der Waals surface area contributed by atoms with E-state index in [0.717, 1.165) is 7.11 Å². The first kappa shape index (κ1) is 12.8. The third-order valence-corrected chi connectivity index (χ3v) is 2.87. The fraction of sp³-hybridized carbons (Fsp3) is 0.222. The lowest BCUT2D eigenvalue weighted by atomic mass is 10.1. The van der Waals surface area contributed by atoms with Gasteiger partial charge in [0.15, 0.2) is 17.3 Å². The molecule has 0 saturated carbocycles. The van der Waals surface area contributed by atoms with Gasteiger partial charge >= 0.3 is 12.3 Å². The first-order valence-electron chi connectivity index (χ1n) is 4.43. The number of carbonyl (C=O) groups is 1. The maximum Gasteiger partial charge on any atom is 0.586 e. The van der Waals surface area contributed by atoms with Crippen LogP contribution in [0, 0.1) is 5.82 Å². The first-order chi connectivity index (χ1) is 8.28. The molecule has 0 saturated heterocycles. The van der Waals surface area contributed by atoms with Crippen molar-refractivity contribution in [2.45, 2.75) is 6.29 Å². The summed E-state index contributed by atoms with van der Waals surface area (Å²) in [6.45, 7) is 0. The van der Waals surface area contributed by atoms with Gasteiger partial charge in [-0.25, -0.2) is 9.18 Å². The van der Waals surface area contributed by atoms with E-state index in [1.54, 1.807) is 0 Å². The Morgan fingerprint density at radius 3 is 2.50 bits per heavy atom. The summed E-state index contributed by atoms with van der Waals surface area (Å²) in [7, 11) is 0.988. The molecule has 1 aromatic rings. The van der Waals surface area contributed by atoms with Crippen molar-refractivity contribution in [3.05, 3.63) is 15.9 Å². The third kappa shape index (κ3) is 1.74. The van der Waals surface area contributed by atoms with Crippen LogP contribution in [0.5, 0.6) is 11.5 Å². The number of ether oxygens (including phenoxy) is 3. The number of hydrogen-bond donors (Lipinski definition) is 1. The van der Waals surface area contributed by atoms with Crippen LogP contribution >= 0.6 is 15.9 Å². The van der Waals surface area contributed by atoms with E-state index >= 15 is 0 Å². The molecule has 2 N–H and O–H groups in total. The number of nitrogens with two attached hydrogens (primary N) is 1. The minimum atomic E-state index is -4.01. The number of fused-ring (bicyclic) bond motifs is 1. The molecule has 1 aliphatic heterocycles. The molecule has 5 nitrogen and oxygen atoms in total. The zero-order valence-corrected chi connectivity index (χ0v) is 10.3. The average Bonchev–Trinajstić information content (AvgIpc) is 2.62. The van der Waals surface area contributed by atoms with E-state index < -0.39 is 45.3 Å². The number of carbonyl (C=O) groups excluding carboxylic acids is 1. The van der Waals surface area contributed by atoms with Gasteiger partial charge in [0.25, 0.3) is 0 Å². The summed E-state index contributed by atoms with van der Waals surface area (Å²) in [6, 6.07) is 0. The highest BCUT2D eigenvalue weighted by atomic mass is 79.9. The van der Waals surface area contributed by atoms with E-state index in [4.69, 9.17) is 5.73 Å². The summed E-state index contributed by atoms with van der Waals surface area (Å²) < 4.78 is 51.6. The predicted octanol–water partition coefficient (Wildman–Crippen LogP) is 2.28. The molecule has 0 atom stereocenters. The second kappa shape index (κ2) is 3.94. The second-order valence-electron chi connectivity index (χ2n) is 3.23. The highest BCUT2D eigenvalue weighted by Crippen LogP contribution is 2.51. The molecular weight excluding hydrogens is 323 g/mol. The largest absolute Gasteiger partial charge is 0.586 e. The third-order valence-electron chi connectivity index (χ3n) is 2.16. The minimum absolute atomic E-state index is 0.458. The van der Waals surface area contributed by atoms with E-state index in [1.165, 1.54) is 0 Å². The summed E-state index contributed by atoms with van der Waals surface area (Å²) in [5.74, 6) is -3.54. The maximum absolute atomic E-state index is 13.6. The van der Waals surface area contributed by atoms with E-state index in [0.29, 0.717) is 0 Å². The Morgan fingerprint density at radius 1 is 1.39 bits per heavy atom. The molecule has 2 rings (SSSR count). The van der Waals surface area contributed by atoms with Gasteiger partial charge in [0.05, 0.1) is 12.8 Å². The Morgan fingerprint density at radius 2 is 1.94 bits per heavy atom. The topological polar surface area (TPSA) is 70.8 Å². The molecule has 0 unspecified atom stereocenters. The Hall–Kier alpha value is -1.64. The Bertz CT molecular complexity index is 549. The van der Waals surface area contributed by atoms with Gasteiger partial charge in [-0.3, -0.25) is 0 Å². The quantitative estimate of drug-likeness (QED) is 0.633. The lowest BCUT2D eigenvalue weighted by molar-refractivity contribution is -0.287.